The molecule has 1 aliphatic carbocycles. The molecule has 2 aliphatic rings. The highest BCUT2D eigenvalue weighted by Crippen LogP contribution is 2.37. The molecule has 1 aromatic heterocycles. The number of pyridine rings is 1. The van der Waals surface area contributed by atoms with Crippen molar-refractivity contribution >= 4 is 29.4 Å². The Kier molecular flexibility index (Phi) is 6.42. The van der Waals surface area contributed by atoms with Crippen LogP contribution in [-0.4, -0.2) is 34.7 Å². The smallest absolute Gasteiger partial charge is 0.254 e. The molecule has 0 radical (unpaired) electrons. The van der Waals surface area contributed by atoms with E-state index in [1.54, 1.807) is 25.3 Å². The van der Waals surface area contributed by atoms with Gasteiger partial charge < -0.3 is 14.4 Å². The van der Waals surface area contributed by atoms with Crippen molar-refractivity contribution in [2.24, 2.45) is 11.8 Å². The van der Waals surface area contributed by atoms with Gasteiger partial charge in [-0.2, -0.15) is 0 Å². The molecular formula is C25H27ClN2O3. The third-order valence-electron chi connectivity index (χ3n) is 5.73. The fourth-order valence-corrected chi connectivity index (χ4v) is 4.19. The van der Waals surface area contributed by atoms with E-state index in [-0.39, 0.29) is 17.6 Å². The minimum Gasteiger partial charge on any atom is -0.437 e. The summed E-state index contributed by atoms with van der Waals surface area (Å²) in [5, 5.41) is 0.487. The number of Topliss-reactive ketones (excluding diaryl/α,β-unsaturated/α-hetero) is 1. The lowest BCUT2D eigenvalue weighted by Gasteiger charge is -2.29. The van der Waals surface area contributed by atoms with Gasteiger partial charge in [0.15, 0.2) is 0 Å². The summed E-state index contributed by atoms with van der Waals surface area (Å²) in [5.74, 6) is 2.05. The van der Waals surface area contributed by atoms with Gasteiger partial charge in [0.05, 0.1) is 5.02 Å². The van der Waals surface area contributed by atoms with Crippen molar-refractivity contribution in [3.63, 3.8) is 0 Å². The number of allylic oxidation sites excluding steroid dienone is 1. The van der Waals surface area contributed by atoms with Gasteiger partial charge in [-0.15, -0.1) is 0 Å². The Morgan fingerprint density at radius 2 is 2.13 bits per heavy atom. The molecule has 0 spiro atoms. The number of fused-ring (bicyclic) bond motifs is 1. The molecular weight excluding hydrogens is 412 g/mol. The molecule has 0 saturated heterocycles. The predicted octanol–water partition coefficient (Wildman–Crippen LogP) is 5.56. The zero-order valence-electron chi connectivity index (χ0n) is 17.9. The quantitative estimate of drug-likeness (QED) is 0.541. The normalized spacial score (nSPS) is 17.0. The van der Waals surface area contributed by atoms with Crippen molar-refractivity contribution in [1.82, 2.24) is 9.88 Å². The van der Waals surface area contributed by atoms with Gasteiger partial charge in [0.1, 0.15) is 11.5 Å². The Labute approximate surface area is 188 Å². The van der Waals surface area contributed by atoms with Gasteiger partial charge in [0.2, 0.25) is 5.88 Å². The number of benzene rings is 1. The maximum Gasteiger partial charge on any atom is 0.254 e. The zero-order valence-corrected chi connectivity index (χ0v) is 18.7. The van der Waals surface area contributed by atoms with Crippen LogP contribution in [-0.2, 0) is 11.2 Å². The minimum absolute atomic E-state index is 0.0647. The SMILES string of the molecule is CC(=O)C[C@@H](C)/C=C/c1ccc(Oc2ccc3c(c2Cl)CCN(CC2CC2)C3=O)nc1. The summed E-state index contributed by atoms with van der Waals surface area (Å²) in [4.78, 5) is 30.3. The molecule has 1 fully saturated rings. The molecule has 0 N–H and O–H groups in total. The summed E-state index contributed by atoms with van der Waals surface area (Å²) in [6, 6.07) is 7.25. The van der Waals surface area contributed by atoms with E-state index in [9.17, 15) is 9.59 Å². The van der Waals surface area contributed by atoms with E-state index in [1.165, 1.54) is 12.8 Å². The summed E-state index contributed by atoms with van der Waals surface area (Å²) in [6.07, 6.45) is 9.39. The van der Waals surface area contributed by atoms with E-state index in [4.69, 9.17) is 16.3 Å². The first-order valence-corrected chi connectivity index (χ1v) is 11.2. The second-order valence-corrected chi connectivity index (χ2v) is 9.00. The highest BCUT2D eigenvalue weighted by Gasteiger charge is 2.32. The first-order chi connectivity index (χ1) is 14.9. The highest BCUT2D eigenvalue weighted by atomic mass is 35.5. The van der Waals surface area contributed by atoms with Crippen LogP contribution < -0.4 is 4.74 Å². The Hall–Kier alpha value is -2.66. The van der Waals surface area contributed by atoms with E-state index >= 15 is 0 Å². The van der Waals surface area contributed by atoms with Crippen LogP contribution in [0.1, 0.15) is 54.6 Å². The number of nitrogens with zero attached hydrogens (tertiary/aromatic N) is 2. The molecule has 1 aliphatic heterocycles. The average molecular weight is 439 g/mol. The molecule has 162 valence electrons. The molecule has 4 rings (SSSR count). The number of halogens is 1. The minimum atomic E-state index is 0.0647. The predicted molar refractivity (Wildman–Crippen MR) is 122 cm³/mol. The number of amides is 1. The van der Waals surface area contributed by atoms with Crippen LogP contribution in [0.5, 0.6) is 11.6 Å². The number of hydrogen-bond acceptors (Lipinski definition) is 4. The van der Waals surface area contributed by atoms with Crippen molar-refractivity contribution in [2.75, 3.05) is 13.1 Å². The molecule has 2 heterocycles. The van der Waals surface area contributed by atoms with Crippen LogP contribution >= 0.6 is 11.6 Å². The van der Waals surface area contributed by atoms with E-state index in [0.717, 1.165) is 24.1 Å². The highest BCUT2D eigenvalue weighted by molar-refractivity contribution is 6.33. The van der Waals surface area contributed by atoms with Gasteiger partial charge in [-0.05, 0) is 67.3 Å². The van der Waals surface area contributed by atoms with Gasteiger partial charge in [0, 0.05) is 37.3 Å². The maximum absolute atomic E-state index is 12.8. The van der Waals surface area contributed by atoms with Crippen LogP contribution in [0, 0.1) is 11.8 Å². The van der Waals surface area contributed by atoms with Crippen LogP contribution in [0.15, 0.2) is 36.5 Å². The summed E-state index contributed by atoms with van der Waals surface area (Å²) in [5.41, 5.74) is 2.47. The molecule has 1 atom stereocenters. The summed E-state index contributed by atoms with van der Waals surface area (Å²) >= 11 is 6.60. The lowest BCUT2D eigenvalue weighted by Crippen LogP contribution is -2.39. The Bertz CT molecular complexity index is 1010. The molecule has 1 amide bonds. The number of carbonyl (C=O) groups excluding carboxylic acids is 2. The van der Waals surface area contributed by atoms with E-state index in [1.807, 2.05) is 36.1 Å². The number of rotatable bonds is 8. The van der Waals surface area contributed by atoms with Crippen LogP contribution in [0.2, 0.25) is 5.02 Å². The summed E-state index contributed by atoms with van der Waals surface area (Å²) in [7, 11) is 0. The van der Waals surface area contributed by atoms with E-state index in [2.05, 4.69) is 4.98 Å². The second kappa shape index (κ2) is 9.23. The first kappa shape index (κ1) is 21.6. The largest absolute Gasteiger partial charge is 0.437 e. The summed E-state index contributed by atoms with van der Waals surface area (Å²) < 4.78 is 5.91. The molecule has 31 heavy (non-hydrogen) atoms. The fraction of sp³-hybridized carbons (Fsp3) is 0.400. The molecule has 5 nitrogen and oxygen atoms in total. The van der Waals surface area contributed by atoms with Gasteiger partial charge in [-0.3, -0.25) is 4.79 Å². The van der Waals surface area contributed by atoms with Crippen LogP contribution in [0.3, 0.4) is 0 Å². The first-order valence-electron chi connectivity index (χ1n) is 10.8. The fourth-order valence-electron chi connectivity index (χ4n) is 3.89. The van der Waals surface area contributed by atoms with E-state index < -0.39 is 0 Å². The lowest BCUT2D eigenvalue weighted by molar-refractivity contribution is -0.117. The Morgan fingerprint density at radius 1 is 1.32 bits per heavy atom. The van der Waals surface area contributed by atoms with Crippen LogP contribution in [0.4, 0.5) is 0 Å². The number of aromatic nitrogens is 1. The number of ether oxygens (including phenoxy) is 1. The number of carbonyl (C=O) groups is 2. The molecule has 0 bridgehead atoms. The third kappa shape index (κ3) is 5.34. The van der Waals surface area contributed by atoms with Crippen molar-refractivity contribution in [1.29, 1.82) is 0 Å². The molecule has 2 aromatic rings. The molecule has 1 saturated carbocycles. The topological polar surface area (TPSA) is 59.5 Å². The van der Waals surface area contributed by atoms with Gasteiger partial charge in [0.25, 0.3) is 5.91 Å². The lowest BCUT2D eigenvalue weighted by atomic mass is 9.98. The van der Waals surface area contributed by atoms with Crippen molar-refractivity contribution in [3.05, 3.63) is 58.3 Å². The Morgan fingerprint density at radius 3 is 2.81 bits per heavy atom. The van der Waals surface area contributed by atoms with E-state index in [0.29, 0.717) is 41.1 Å². The monoisotopic (exact) mass is 438 g/mol. The van der Waals surface area contributed by atoms with Gasteiger partial charge >= 0.3 is 0 Å². The molecule has 0 unspecified atom stereocenters. The zero-order chi connectivity index (χ0) is 22.0. The third-order valence-corrected chi connectivity index (χ3v) is 6.15. The van der Waals surface area contributed by atoms with Gasteiger partial charge in [-0.25, -0.2) is 4.98 Å². The van der Waals surface area contributed by atoms with Crippen molar-refractivity contribution in [2.45, 2.75) is 39.5 Å². The van der Waals surface area contributed by atoms with Crippen molar-refractivity contribution < 1.29 is 14.3 Å². The average Bonchev–Trinajstić information content (AvgIpc) is 3.55. The standard InChI is InChI=1S/C25H27ClN2O3/c1-16(13-17(2)29)3-4-18-7-10-23(27-14-18)31-22-9-8-21-20(24(22)26)11-12-28(25(21)30)15-19-5-6-19/h3-4,7-10,14,16,19H,5-6,11-13,15H2,1-2H3/b4-3+/t16-/m0/s1. The maximum atomic E-state index is 12.8. The molecule has 6 heteroatoms. The molecule has 1 aromatic carbocycles. The number of ketones is 1. The van der Waals surface area contributed by atoms with Crippen molar-refractivity contribution in [3.8, 4) is 11.6 Å². The van der Waals surface area contributed by atoms with Gasteiger partial charge in [-0.1, -0.05) is 30.7 Å². The van der Waals surface area contributed by atoms with Crippen LogP contribution in [0.25, 0.3) is 6.08 Å². The number of hydrogen-bond donors (Lipinski definition) is 0. The second-order valence-electron chi connectivity index (χ2n) is 8.62. The Balaban J connectivity index is 1.43. The summed E-state index contributed by atoms with van der Waals surface area (Å²) in [6.45, 7) is 5.17.